The van der Waals surface area contributed by atoms with E-state index in [-0.39, 0.29) is 5.91 Å². The highest BCUT2D eigenvalue weighted by atomic mass is 16.7. The Balaban J connectivity index is 2.28. The minimum Gasteiger partial charge on any atom is -0.400 e. The minimum absolute atomic E-state index is 0.0928. The summed E-state index contributed by atoms with van der Waals surface area (Å²) < 4.78 is 12.2. The van der Waals surface area contributed by atoms with Crippen molar-refractivity contribution in [2.45, 2.75) is 45.8 Å². The molecule has 0 bridgehead atoms. The first-order valence-corrected chi connectivity index (χ1v) is 7.77. The normalized spacial score (nSPS) is 19.7. The first kappa shape index (κ1) is 17.6. The Morgan fingerprint density at radius 3 is 2.17 bits per heavy atom. The summed E-state index contributed by atoms with van der Waals surface area (Å²) in [6, 6.07) is 7.53. The Bertz CT molecular complexity index is 593. The van der Waals surface area contributed by atoms with Crippen LogP contribution in [0.1, 0.15) is 40.2 Å². The maximum absolute atomic E-state index is 11.3. The van der Waals surface area contributed by atoms with Gasteiger partial charge in [0.15, 0.2) is 0 Å². The van der Waals surface area contributed by atoms with Gasteiger partial charge < -0.3 is 20.4 Å². The van der Waals surface area contributed by atoms with Crippen molar-refractivity contribution in [3.8, 4) is 0 Å². The molecule has 0 aliphatic carbocycles. The molecule has 1 fully saturated rings. The molecule has 1 aromatic rings. The molecule has 1 saturated heterocycles. The lowest BCUT2D eigenvalue weighted by atomic mass is 9.77. The molecule has 5 nitrogen and oxygen atoms in total. The second-order valence-corrected chi connectivity index (χ2v) is 6.88. The van der Waals surface area contributed by atoms with Gasteiger partial charge in [0.1, 0.15) is 0 Å². The maximum atomic E-state index is 11.3. The van der Waals surface area contributed by atoms with E-state index in [1.807, 2.05) is 58.0 Å². The van der Waals surface area contributed by atoms with E-state index in [1.165, 1.54) is 6.92 Å². The smallest absolute Gasteiger partial charge is 0.400 e. The van der Waals surface area contributed by atoms with Crippen molar-refractivity contribution in [1.29, 1.82) is 0 Å². The summed E-state index contributed by atoms with van der Waals surface area (Å²) in [5.74, 6) is -0.0928. The molecule has 0 aromatic heterocycles. The molecule has 1 aliphatic rings. The molecule has 0 saturated carbocycles. The predicted molar refractivity (Wildman–Crippen MR) is 93.6 cm³/mol. The molecule has 1 amide bonds. The fraction of sp³-hybridized carbons (Fsp3) is 0.471. The van der Waals surface area contributed by atoms with E-state index in [4.69, 9.17) is 15.0 Å². The Kier molecular flexibility index (Phi) is 4.87. The van der Waals surface area contributed by atoms with E-state index in [9.17, 15) is 4.79 Å². The average Bonchev–Trinajstić information content (AvgIpc) is 2.65. The lowest BCUT2D eigenvalue weighted by Gasteiger charge is -2.32. The van der Waals surface area contributed by atoms with Crippen LogP contribution >= 0.6 is 0 Å². The van der Waals surface area contributed by atoms with Crippen LogP contribution in [0.2, 0.25) is 0 Å². The van der Waals surface area contributed by atoms with Crippen LogP contribution in [0, 0.1) is 0 Å². The van der Waals surface area contributed by atoms with Crippen molar-refractivity contribution in [2.24, 2.45) is 0 Å². The van der Waals surface area contributed by atoms with Gasteiger partial charge in [-0.3, -0.25) is 4.79 Å². The molecule has 1 aliphatic heterocycles. The van der Waals surface area contributed by atoms with Crippen molar-refractivity contribution in [2.75, 3.05) is 12.3 Å². The fourth-order valence-corrected chi connectivity index (χ4v) is 2.23. The largest absolute Gasteiger partial charge is 0.492 e. The second kappa shape index (κ2) is 6.38. The Morgan fingerprint density at radius 1 is 1.17 bits per heavy atom. The van der Waals surface area contributed by atoms with Crippen molar-refractivity contribution in [1.82, 2.24) is 5.32 Å². The van der Waals surface area contributed by atoms with Gasteiger partial charge in [-0.05, 0) is 50.9 Å². The molecule has 0 spiro atoms. The van der Waals surface area contributed by atoms with E-state index < -0.39 is 18.3 Å². The molecule has 0 unspecified atom stereocenters. The first-order valence-electron chi connectivity index (χ1n) is 7.77. The summed E-state index contributed by atoms with van der Waals surface area (Å²) in [5.41, 5.74) is 7.43. The van der Waals surface area contributed by atoms with Gasteiger partial charge in [0.25, 0.3) is 0 Å². The number of hydrogen-bond acceptors (Lipinski definition) is 4. The van der Waals surface area contributed by atoms with Crippen molar-refractivity contribution in [3.63, 3.8) is 0 Å². The average molecular weight is 316 g/mol. The number of nitrogen functional groups attached to an aromatic ring is 1. The van der Waals surface area contributed by atoms with Gasteiger partial charge in [-0.15, -0.1) is 0 Å². The van der Waals surface area contributed by atoms with Gasteiger partial charge >= 0.3 is 7.12 Å². The van der Waals surface area contributed by atoms with E-state index in [1.54, 1.807) is 0 Å². The first-order chi connectivity index (χ1) is 10.6. The molecule has 23 heavy (non-hydrogen) atoms. The summed E-state index contributed by atoms with van der Waals surface area (Å²) in [6.07, 6.45) is 1.97. The predicted octanol–water partition coefficient (Wildman–Crippen LogP) is 2.42. The molecule has 6 heteroatoms. The number of carbonyl (C=O) groups is 1. The van der Waals surface area contributed by atoms with E-state index >= 15 is 0 Å². The maximum Gasteiger partial charge on any atom is 0.492 e. The standard InChI is InChI=1S/C17H25BN2O3/c1-12(21)20-11-14(10-13-6-8-15(19)9-7-13)18-22-16(2,3)17(4,5)23-18/h6-10H,11,19H2,1-5H3,(H,20,21). The van der Waals surface area contributed by atoms with E-state index in [2.05, 4.69) is 5.32 Å². The lowest BCUT2D eigenvalue weighted by molar-refractivity contribution is -0.118. The number of rotatable bonds is 4. The summed E-state index contributed by atoms with van der Waals surface area (Å²) in [7, 11) is -0.496. The third kappa shape index (κ3) is 4.15. The highest BCUT2D eigenvalue weighted by Gasteiger charge is 2.52. The van der Waals surface area contributed by atoms with Gasteiger partial charge in [-0.25, -0.2) is 0 Å². The number of amides is 1. The van der Waals surface area contributed by atoms with Crippen molar-refractivity contribution >= 4 is 24.8 Å². The van der Waals surface area contributed by atoms with E-state index in [0.29, 0.717) is 12.2 Å². The zero-order valence-electron chi connectivity index (χ0n) is 14.5. The summed E-state index contributed by atoms with van der Waals surface area (Å²) >= 11 is 0. The Hall–Kier alpha value is -1.79. The quantitative estimate of drug-likeness (QED) is 0.661. The molecule has 124 valence electrons. The number of nitrogens with one attached hydrogen (secondary N) is 1. The summed E-state index contributed by atoms with van der Waals surface area (Å²) in [4.78, 5) is 11.3. The minimum atomic E-state index is -0.496. The van der Waals surface area contributed by atoms with E-state index in [0.717, 1.165) is 11.0 Å². The third-order valence-electron chi connectivity index (χ3n) is 4.39. The number of hydrogen-bond donors (Lipinski definition) is 2. The van der Waals surface area contributed by atoms with Crippen LogP contribution in [0.25, 0.3) is 6.08 Å². The molecule has 3 N–H and O–H groups in total. The SMILES string of the molecule is CC(=O)NCC(=Cc1ccc(N)cc1)B1OC(C)(C)C(C)(C)O1. The van der Waals surface area contributed by atoms with Gasteiger partial charge in [-0.2, -0.15) is 0 Å². The van der Waals surface area contributed by atoms with Crippen LogP contribution in [-0.2, 0) is 14.1 Å². The van der Waals surface area contributed by atoms with Crippen LogP contribution < -0.4 is 11.1 Å². The summed E-state index contributed by atoms with van der Waals surface area (Å²) in [6.45, 7) is 9.89. The van der Waals surface area contributed by atoms with Crippen LogP contribution in [-0.4, -0.2) is 30.8 Å². The Labute approximate surface area is 138 Å². The van der Waals surface area contributed by atoms with Gasteiger partial charge in [0, 0.05) is 19.2 Å². The Morgan fingerprint density at radius 2 is 1.70 bits per heavy atom. The molecular formula is C17H25BN2O3. The fourth-order valence-electron chi connectivity index (χ4n) is 2.23. The van der Waals surface area contributed by atoms with Crippen molar-refractivity contribution < 1.29 is 14.1 Å². The molecule has 2 rings (SSSR count). The number of carbonyl (C=O) groups excluding carboxylic acids is 1. The highest BCUT2D eigenvalue weighted by Crippen LogP contribution is 2.38. The number of anilines is 1. The van der Waals surface area contributed by atoms with Crippen LogP contribution in [0.15, 0.2) is 29.7 Å². The van der Waals surface area contributed by atoms with Gasteiger partial charge in [0.2, 0.25) is 5.91 Å². The van der Waals surface area contributed by atoms with Gasteiger partial charge in [0.05, 0.1) is 11.2 Å². The van der Waals surface area contributed by atoms with Crippen LogP contribution in [0.5, 0.6) is 0 Å². The molecule has 0 atom stereocenters. The molecule has 1 aromatic carbocycles. The monoisotopic (exact) mass is 316 g/mol. The molecular weight excluding hydrogens is 291 g/mol. The highest BCUT2D eigenvalue weighted by molar-refractivity contribution is 6.56. The molecule has 1 heterocycles. The zero-order chi connectivity index (χ0) is 17.3. The van der Waals surface area contributed by atoms with Crippen molar-refractivity contribution in [3.05, 3.63) is 35.3 Å². The summed E-state index contributed by atoms with van der Waals surface area (Å²) in [5, 5.41) is 2.82. The topological polar surface area (TPSA) is 73.6 Å². The third-order valence-corrected chi connectivity index (χ3v) is 4.39. The van der Waals surface area contributed by atoms with Gasteiger partial charge in [-0.1, -0.05) is 18.2 Å². The lowest BCUT2D eigenvalue weighted by Crippen LogP contribution is -2.41. The van der Waals surface area contributed by atoms with Crippen LogP contribution in [0.3, 0.4) is 0 Å². The number of benzene rings is 1. The molecule has 0 radical (unpaired) electrons. The second-order valence-electron chi connectivity index (χ2n) is 6.88. The van der Waals surface area contributed by atoms with Crippen LogP contribution in [0.4, 0.5) is 5.69 Å². The number of nitrogens with two attached hydrogens (primary N) is 1. The zero-order valence-corrected chi connectivity index (χ0v) is 14.5.